The van der Waals surface area contributed by atoms with Crippen LogP contribution in [-0.2, 0) is 4.79 Å². The van der Waals surface area contributed by atoms with Crippen molar-refractivity contribution in [3.8, 4) is 0 Å². The zero-order chi connectivity index (χ0) is 10.6. The highest BCUT2D eigenvalue weighted by atomic mass is 16.1. The lowest BCUT2D eigenvalue weighted by Crippen LogP contribution is -2.12. The minimum absolute atomic E-state index is 0.0100. The Morgan fingerprint density at radius 1 is 1.57 bits per heavy atom. The summed E-state index contributed by atoms with van der Waals surface area (Å²) < 4.78 is 0. The minimum atomic E-state index is -0.0100. The third kappa shape index (κ3) is 2.73. The minimum Gasteiger partial charge on any atom is -0.397 e. The van der Waals surface area contributed by atoms with Crippen LogP contribution in [0.5, 0.6) is 0 Å². The molecule has 0 saturated heterocycles. The molecule has 0 aliphatic carbocycles. The van der Waals surface area contributed by atoms with Crippen molar-refractivity contribution >= 4 is 17.4 Å². The van der Waals surface area contributed by atoms with Gasteiger partial charge in [0.1, 0.15) is 5.82 Å². The van der Waals surface area contributed by atoms with E-state index >= 15 is 0 Å². The Bertz CT molecular complexity index is 336. The van der Waals surface area contributed by atoms with Crippen LogP contribution in [-0.4, -0.2) is 10.9 Å². The summed E-state index contributed by atoms with van der Waals surface area (Å²) in [4.78, 5) is 15.4. The quantitative estimate of drug-likeness (QED) is 0.767. The van der Waals surface area contributed by atoms with Gasteiger partial charge in [-0.25, -0.2) is 4.98 Å². The number of aromatic nitrogens is 1. The van der Waals surface area contributed by atoms with Gasteiger partial charge in [-0.1, -0.05) is 6.92 Å². The van der Waals surface area contributed by atoms with Gasteiger partial charge in [-0.15, -0.1) is 0 Å². The zero-order valence-corrected chi connectivity index (χ0v) is 8.50. The number of rotatable bonds is 3. The van der Waals surface area contributed by atoms with Crippen LogP contribution in [0.2, 0.25) is 0 Å². The van der Waals surface area contributed by atoms with Gasteiger partial charge in [-0.3, -0.25) is 4.79 Å². The van der Waals surface area contributed by atoms with Crippen LogP contribution < -0.4 is 11.1 Å². The highest BCUT2D eigenvalue weighted by Crippen LogP contribution is 2.11. The van der Waals surface area contributed by atoms with Crippen LogP contribution >= 0.6 is 0 Å². The molecule has 76 valence electrons. The average Bonchev–Trinajstić information content (AvgIpc) is 2.12. The Labute approximate surface area is 83.5 Å². The first-order chi connectivity index (χ1) is 6.63. The number of hydrogen-bond acceptors (Lipinski definition) is 3. The van der Waals surface area contributed by atoms with Crippen LogP contribution in [0.25, 0.3) is 0 Å². The maximum Gasteiger partial charge on any atom is 0.225 e. The predicted octanol–water partition coefficient (Wildman–Crippen LogP) is 1.71. The molecule has 3 N–H and O–H groups in total. The first-order valence-corrected chi connectivity index (χ1v) is 4.66. The summed E-state index contributed by atoms with van der Waals surface area (Å²) in [7, 11) is 0. The van der Waals surface area contributed by atoms with Gasteiger partial charge < -0.3 is 11.1 Å². The molecule has 0 aliphatic rings. The Balaban J connectivity index is 2.68. The lowest BCUT2D eigenvalue weighted by molar-refractivity contribution is -0.116. The van der Waals surface area contributed by atoms with Crippen molar-refractivity contribution in [3.05, 3.63) is 17.8 Å². The number of anilines is 2. The number of carbonyl (C=O) groups is 1. The molecular formula is C10H15N3O. The fourth-order valence-electron chi connectivity index (χ4n) is 1.07. The Morgan fingerprint density at radius 3 is 2.86 bits per heavy atom. The summed E-state index contributed by atoms with van der Waals surface area (Å²) >= 11 is 0. The maximum absolute atomic E-state index is 11.2. The molecule has 0 bridgehead atoms. The van der Waals surface area contributed by atoms with Crippen LogP contribution in [0, 0.1) is 6.92 Å². The molecule has 14 heavy (non-hydrogen) atoms. The molecule has 0 spiro atoms. The number of nitrogens with one attached hydrogen (secondary N) is 1. The molecule has 4 heteroatoms. The summed E-state index contributed by atoms with van der Waals surface area (Å²) in [5, 5.41) is 2.71. The average molecular weight is 193 g/mol. The highest BCUT2D eigenvalue weighted by Gasteiger charge is 2.02. The lowest BCUT2D eigenvalue weighted by Gasteiger charge is -2.05. The number of nitrogens with two attached hydrogens (primary N) is 1. The summed E-state index contributed by atoms with van der Waals surface area (Å²) in [5.41, 5.74) is 6.98. The number of nitrogen functional groups attached to an aromatic ring is 1. The van der Waals surface area contributed by atoms with E-state index in [9.17, 15) is 4.79 Å². The molecule has 1 aromatic heterocycles. The normalized spacial score (nSPS) is 9.86. The number of pyridine rings is 1. The van der Waals surface area contributed by atoms with Crippen molar-refractivity contribution in [1.82, 2.24) is 4.98 Å². The van der Waals surface area contributed by atoms with Crippen LogP contribution in [0.3, 0.4) is 0 Å². The summed E-state index contributed by atoms with van der Waals surface area (Å²) in [6.45, 7) is 3.77. The topological polar surface area (TPSA) is 68.0 Å². The van der Waals surface area contributed by atoms with E-state index in [-0.39, 0.29) is 5.91 Å². The molecule has 0 aromatic carbocycles. The summed E-state index contributed by atoms with van der Waals surface area (Å²) in [6, 6.07) is 3.44. The van der Waals surface area contributed by atoms with Crippen molar-refractivity contribution < 1.29 is 4.79 Å². The van der Waals surface area contributed by atoms with Crippen LogP contribution in [0.1, 0.15) is 25.5 Å². The number of nitrogens with zero attached hydrogens (tertiary/aromatic N) is 1. The van der Waals surface area contributed by atoms with E-state index in [1.54, 1.807) is 12.1 Å². The largest absolute Gasteiger partial charge is 0.397 e. The molecule has 0 fully saturated rings. The second-order valence-electron chi connectivity index (χ2n) is 3.17. The molecule has 1 rings (SSSR count). The van der Waals surface area contributed by atoms with Crippen molar-refractivity contribution in [2.75, 3.05) is 11.1 Å². The Hall–Kier alpha value is -1.58. The van der Waals surface area contributed by atoms with Crippen molar-refractivity contribution in [2.24, 2.45) is 0 Å². The second kappa shape index (κ2) is 4.60. The lowest BCUT2D eigenvalue weighted by atomic mass is 10.3. The summed E-state index contributed by atoms with van der Waals surface area (Å²) in [5.74, 6) is 0.555. The highest BCUT2D eigenvalue weighted by molar-refractivity contribution is 5.89. The SMILES string of the molecule is CCCC(=O)Nc1ccc(N)c(C)n1. The molecular weight excluding hydrogens is 178 g/mol. The Kier molecular flexibility index (Phi) is 3.45. The van der Waals surface area contributed by atoms with Crippen molar-refractivity contribution in [2.45, 2.75) is 26.7 Å². The van der Waals surface area contributed by atoms with E-state index in [0.29, 0.717) is 17.9 Å². The first-order valence-electron chi connectivity index (χ1n) is 4.66. The monoisotopic (exact) mass is 193 g/mol. The van der Waals surface area contributed by atoms with Gasteiger partial charge in [0.15, 0.2) is 0 Å². The molecule has 4 nitrogen and oxygen atoms in total. The molecule has 0 atom stereocenters. The third-order valence-corrected chi connectivity index (χ3v) is 1.87. The molecule has 0 radical (unpaired) electrons. The molecule has 1 amide bonds. The maximum atomic E-state index is 11.2. The zero-order valence-electron chi connectivity index (χ0n) is 8.50. The van der Waals surface area contributed by atoms with Gasteiger partial charge in [0.05, 0.1) is 11.4 Å². The van der Waals surface area contributed by atoms with Crippen molar-refractivity contribution in [1.29, 1.82) is 0 Å². The summed E-state index contributed by atoms with van der Waals surface area (Å²) in [6.07, 6.45) is 1.35. The van der Waals surface area contributed by atoms with E-state index in [2.05, 4.69) is 10.3 Å². The Morgan fingerprint density at radius 2 is 2.29 bits per heavy atom. The molecule has 0 saturated carbocycles. The van der Waals surface area contributed by atoms with Gasteiger partial charge in [0.2, 0.25) is 5.91 Å². The van der Waals surface area contributed by atoms with Gasteiger partial charge in [0, 0.05) is 6.42 Å². The second-order valence-corrected chi connectivity index (χ2v) is 3.17. The fourth-order valence-corrected chi connectivity index (χ4v) is 1.07. The van der Waals surface area contributed by atoms with Crippen LogP contribution in [0.4, 0.5) is 11.5 Å². The number of aryl methyl sites for hydroxylation is 1. The van der Waals surface area contributed by atoms with Gasteiger partial charge in [-0.2, -0.15) is 0 Å². The predicted molar refractivity (Wildman–Crippen MR) is 56.9 cm³/mol. The van der Waals surface area contributed by atoms with E-state index in [0.717, 1.165) is 12.1 Å². The molecule has 1 heterocycles. The van der Waals surface area contributed by atoms with Crippen LogP contribution in [0.15, 0.2) is 12.1 Å². The van der Waals surface area contributed by atoms with E-state index in [1.807, 2.05) is 13.8 Å². The number of amides is 1. The van der Waals surface area contributed by atoms with E-state index < -0.39 is 0 Å². The van der Waals surface area contributed by atoms with E-state index in [4.69, 9.17) is 5.73 Å². The standard InChI is InChI=1S/C10H15N3O/c1-3-4-10(14)13-9-6-5-8(11)7(2)12-9/h5-6H,3-4,11H2,1-2H3,(H,12,13,14). The molecule has 0 unspecified atom stereocenters. The van der Waals surface area contributed by atoms with Gasteiger partial charge in [-0.05, 0) is 25.5 Å². The first kappa shape index (κ1) is 10.5. The van der Waals surface area contributed by atoms with Gasteiger partial charge >= 0.3 is 0 Å². The smallest absolute Gasteiger partial charge is 0.225 e. The number of carbonyl (C=O) groups excluding carboxylic acids is 1. The van der Waals surface area contributed by atoms with Gasteiger partial charge in [0.25, 0.3) is 0 Å². The van der Waals surface area contributed by atoms with E-state index in [1.165, 1.54) is 0 Å². The third-order valence-electron chi connectivity index (χ3n) is 1.87. The molecule has 0 aliphatic heterocycles. The van der Waals surface area contributed by atoms with Crippen molar-refractivity contribution in [3.63, 3.8) is 0 Å². The molecule has 1 aromatic rings. The fraction of sp³-hybridized carbons (Fsp3) is 0.400. The number of hydrogen-bond donors (Lipinski definition) is 2.